The summed E-state index contributed by atoms with van der Waals surface area (Å²) in [6.07, 6.45) is 1.67. The molecule has 1 heterocycles. The van der Waals surface area contributed by atoms with Gasteiger partial charge in [-0.25, -0.2) is 4.98 Å². The molecule has 1 unspecified atom stereocenters. The predicted molar refractivity (Wildman–Crippen MR) is 73.2 cm³/mol. The van der Waals surface area contributed by atoms with E-state index in [0.717, 1.165) is 16.2 Å². The van der Waals surface area contributed by atoms with Crippen LogP contribution in [0, 0.1) is 0 Å². The van der Waals surface area contributed by atoms with Crippen LogP contribution in [0.5, 0.6) is 5.88 Å². The Bertz CT molecular complexity index is 552. The zero-order valence-corrected chi connectivity index (χ0v) is 11.2. The summed E-state index contributed by atoms with van der Waals surface area (Å²) in [5, 5.41) is 0. The smallest absolute Gasteiger partial charge is 0.213 e. The molecule has 4 heteroatoms. The normalized spacial score (nSPS) is 12.1. The fourth-order valence-electron chi connectivity index (χ4n) is 1.62. The first-order valence-electron chi connectivity index (χ1n) is 5.74. The average molecular weight is 261 g/mol. The first-order chi connectivity index (χ1) is 8.70. The van der Waals surface area contributed by atoms with Gasteiger partial charge in [-0.3, -0.25) is 4.21 Å². The number of pyridine rings is 1. The topological polar surface area (TPSA) is 39.2 Å². The van der Waals surface area contributed by atoms with Crippen molar-refractivity contribution < 1.29 is 8.95 Å². The zero-order valence-electron chi connectivity index (χ0n) is 10.4. The molecule has 0 radical (unpaired) electrons. The molecule has 0 aliphatic carbocycles. The third-order valence-corrected chi connectivity index (χ3v) is 3.43. The van der Waals surface area contributed by atoms with Crippen molar-refractivity contribution in [2.24, 2.45) is 0 Å². The molecule has 2 rings (SSSR count). The molecule has 1 aromatic carbocycles. The molecule has 2 aromatic rings. The van der Waals surface area contributed by atoms with Gasteiger partial charge in [0.15, 0.2) is 0 Å². The van der Waals surface area contributed by atoms with E-state index in [1.54, 1.807) is 6.26 Å². The summed E-state index contributed by atoms with van der Waals surface area (Å²) in [4.78, 5) is 5.23. The fraction of sp³-hybridized carbons (Fsp3) is 0.214. The Labute approximate surface area is 109 Å². The average Bonchev–Trinajstić information content (AvgIpc) is 2.39. The van der Waals surface area contributed by atoms with Crippen LogP contribution in [0.4, 0.5) is 0 Å². The van der Waals surface area contributed by atoms with Gasteiger partial charge >= 0.3 is 0 Å². The van der Waals surface area contributed by atoms with Crippen LogP contribution in [-0.2, 0) is 10.8 Å². The van der Waals surface area contributed by atoms with E-state index in [1.165, 1.54) is 0 Å². The highest BCUT2D eigenvalue weighted by atomic mass is 32.2. The molecule has 0 aliphatic heterocycles. The van der Waals surface area contributed by atoms with E-state index in [1.807, 2.05) is 49.4 Å². The molecule has 18 heavy (non-hydrogen) atoms. The van der Waals surface area contributed by atoms with Gasteiger partial charge < -0.3 is 4.74 Å². The summed E-state index contributed by atoms with van der Waals surface area (Å²) in [5.74, 6) is 0.623. The molecule has 0 N–H and O–H groups in total. The van der Waals surface area contributed by atoms with Gasteiger partial charge in [-0.2, -0.15) is 0 Å². The Kier molecular flexibility index (Phi) is 4.10. The molecule has 0 aliphatic rings. The van der Waals surface area contributed by atoms with Crippen molar-refractivity contribution >= 4 is 10.8 Å². The molecular formula is C14H15NO2S. The molecule has 0 fully saturated rings. The second-order valence-electron chi connectivity index (χ2n) is 3.77. The number of rotatable bonds is 4. The first kappa shape index (κ1) is 12.8. The monoisotopic (exact) mass is 261 g/mol. The van der Waals surface area contributed by atoms with Crippen molar-refractivity contribution in [3.05, 3.63) is 42.5 Å². The molecule has 0 spiro atoms. The van der Waals surface area contributed by atoms with Crippen LogP contribution in [0.25, 0.3) is 11.3 Å². The number of ether oxygens (including phenoxy) is 1. The third-order valence-electron chi connectivity index (χ3n) is 2.50. The van der Waals surface area contributed by atoms with E-state index < -0.39 is 10.8 Å². The van der Waals surface area contributed by atoms with Crippen molar-refractivity contribution in [2.45, 2.75) is 11.8 Å². The van der Waals surface area contributed by atoms with Gasteiger partial charge in [-0.15, -0.1) is 0 Å². The molecule has 0 saturated carbocycles. The zero-order chi connectivity index (χ0) is 13.0. The lowest BCUT2D eigenvalue weighted by Gasteiger charge is -2.05. The molecule has 0 saturated heterocycles. The largest absolute Gasteiger partial charge is 0.478 e. The molecule has 0 amide bonds. The van der Waals surface area contributed by atoms with Gasteiger partial charge in [0.25, 0.3) is 0 Å². The summed E-state index contributed by atoms with van der Waals surface area (Å²) < 4.78 is 16.7. The lowest BCUT2D eigenvalue weighted by Crippen LogP contribution is -1.95. The summed E-state index contributed by atoms with van der Waals surface area (Å²) in [5.41, 5.74) is 1.85. The first-order valence-corrected chi connectivity index (χ1v) is 7.30. The summed E-state index contributed by atoms with van der Waals surface area (Å²) in [6.45, 7) is 2.53. The maximum absolute atomic E-state index is 11.3. The van der Waals surface area contributed by atoms with Crippen molar-refractivity contribution in [2.75, 3.05) is 12.9 Å². The SMILES string of the molecule is CCOc1cccc(-c2ccc(S(C)=O)cc2)n1. The molecule has 0 bridgehead atoms. The van der Waals surface area contributed by atoms with Crippen LogP contribution in [0.2, 0.25) is 0 Å². The van der Waals surface area contributed by atoms with Crippen molar-refractivity contribution in [1.82, 2.24) is 4.98 Å². The van der Waals surface area contributed by atoms with Crippen LogP contribution in [0.15, 0.2) is 47.4 Å². The summed E-state index contributed by atoms with van der Waals surface area (Å²) in [6, 6.07) is 13.3. The van der Waals surface area contributed by atoms with E-state index in [4.69, 9.17) is 4.74 Å². The van der Waals surface area contributed by atoms with Crippen LogP contribution in [0.3, 0.4) is 0 Å². The number of benzene rings is 1. The van der Waals surface area contributed by atoms with Gasteiger partial charge in [0.2, 0.25) is 5.88 Å². The van der Waals surface area contributed by atoms with Crippen LogP contribution in [0.1, 0.15) is 6.92 Å². The van der Waals surface area contributed by atoms with Gasteiger partial charge in [0.05, 0.1) is 12.3 Å². The minimum Gasteiger partial charge on any atom is -0.478 e. The second kappa shape index (κ2) is 5.78. The van der Waals surface area contributed by atoms with Gasteiger partial charge in [-0.05, 0) is 25.1 Å². The van der Waals surface area contributed by atoms with Gasteiger partial charge in [0.1, 0.15) is 0 Å². The van der Waals surface area contributed by atoms with E-state index >= 15 is 0 Å². The van der Waals surface area contributed by atoms with Gasteiger partial charge in [0, 0.05) is 33.6 Å². The number of hydrogen-bond acceptors (Lipinski definition) is 3. The lowest BCUT2D eigenvalue weighted by molar-refractivity contribution is 0.327. The van der Waals surface area contributed by atoms with Crippen LogP contribution in [-0.4, -0.2) is 22.1 Å². The maximum atomic E-state index is 11.3. The molecule has 94 valence electrons. The standard InChI is InChI=1S/C14H15NO2S/c1-3-17-14-6-4-5-13(15-14)11-7-9-12(10-8-11)18(2)16/h4-10H,3H2,1-2H3. The van der Waals surface area contributed by atoms with E-state index in [2.05, 4.69) is 4.98 Å². The number of nitrogens with zero attached hydrogens (tertiary/aromatic N) is 1. The molecule has 1 aromatic heterocycles. The highest BCUT2D eigenvalue weighted by Gasteiger charge is 2.03. The second-order valence-corrected chi connectivity index (χ2v) is 5.15. The van der Waals surface area contributed by atoms with E-state index in [9.17, 15) is 4.21 Å². The van der Waals surface area contributed by atoms with Crippen molar-refractivity contribution in [1.29, 1.82) is 0 Å². The Morgan fingerprint density at radius 2 is 1.89 bits per heavy atom. The Balaban J connectivity index is 2.30. The highest BCUT2D eigenvalue weighted by molar-refractivity contribution is 7.84. The van der Waals surface area contributed by atoms with E-state index in [0.29, 0.717) is 12.5 Å². The molecule has 3 nitrogen and oxygen atoms in total. The quantitative estimate of drug-likeness (QED) is 0.849. The van der Waals surface area contributed by atoms with Crippen molar-refractivity contribution in [3.8, 4) is 17.1 Å². The minimum absolute atomic E-state index is 0.601. The lowest BCUT2D eigenvalue weighted by atomic mass is 10.1. The van der Waals surface area contributed by atoms with Crippen LogP contribution < -0.4 is 4.74 Å². The number of hydrogen-bond donors (Lipinski definition) is 0. The Morgan fingerprint density at radius 3 is 2.50 bits per heavy atom. The summed E-state index contributed by atoms with van der Waals surface area (Å²) >= 11 is 0. The maximum Gasteiger partial charge on any atom is 0.213 e. The fourth-order valence-corrected chi connectivity index (χ4v) is 2.14. The predicted octanol–water partition coefficient (Wildman–Crippen LogP) is 2.88. The highest BCUT2D eigenvalue weighted by Crippen LogP contribution is 2.21. The molecular weight excluding hydrogens is 246 g/mol. The Hall–Kier alpha value is -1.68. The van der Waals surface area contributed by atoms with Crippen molar-refractivity contribution in [3.63, 3.8) is 0 Å². The van der Waals surface area contributed by atoms with Gasteiger partial charge in [-0.1, -0.05) is 18.2 Å². The molecule has 1 atom stereocenters. The minimum atomic E-state index is -0.946. The third kappa shape index (κ3) is 2.96. The Morgan fingerprint density at radius 1 is 1.17 bits per heavy atom. The summed E-state index contributed by atoms with van der Waals surface area (Å²) in [7, 11) is -0.946. The van der Waals surface area contributed by atoms with E-state index in [-0.39, 0.29) is 0 Å². The van der Waals surface area contributed by atoms with Crippen LogP contribution >= 0.6 is 0 Å². The number of aromatic nitrogens is 1.